The fourth-order valence-electron chi connectivity index (χ4n) is 2.56. The maximum atomic E-state index is 11.7. The van der Waals surface area contributed by atoms with Gasteiger partial charge in [-0.1, -0.05) is 48.5 Å². The van der Waals surface area contributed by atoms with Crippen molar-refractivity contribution >= 4 is 25.4 Å². The van der Waals surface area contributed by atoms with E-state index in [1.54, 1.807) is 6.92 Å². The molecule has 0 aliphatic heterocycles. The van der Waals surface area contributed by atoms with E-state index in [0.29, 0.717) is 12.8 Å². The zero-order valence-electron chi connectivity index (χ0n) is 15.0. The third-order valence-electron chi connectivity index (χ3n) is 3.58. The van der Waals surface area contributed by atoms with Gasteiger partial charge in [-0.25, -0.2) is 0 Å². The predicted octanol–water partition coefficient (Wildman–Crippen LogP) is 4.91. The number of hydrogen-bond acceptors (Lipinski definition) is 3. The Kier molecular flexibility index (Phi) is 6.09. The number of ketones is 1. The van der Waals surface area contributed by atoms with Gasteiger partial charge in [-0.05, 0) is 44.3 Å². The largest absolute Gasteiger partial charge is 0.300 e. The first-order valence-electron chi connectivity index (χ1n) is 8.31. The van der Waals surface area contributed by atoms with Crippen molar-refractivity contribution in [1.29, 1.82) is 0 Å². The van der Waals surface area contributed by atoms with Gasteiger partial charge in [0, 0.05) is 24.2 Å². The fraction of sp³-hybridized carbons (Fsp3) is 0.300. The molecule has 0 atom stereocenters. The Morgan fingerprint density at radius 1 is 0.958 bits per heavy atom. The molecular weight excluding hydrogens is 312 g/mol. The van der Waals surface area contributed by atoms with E-state index in [4.69, 9.17) is 5.10 Å². The number of hydrazone groups is 1. The molecule has 0 aliphatic rings. The van der Waals surface area contributed by atoms with E-state index in [2.05, 4.69) is 48.6 Å². The van der Waals surface area contributed by atoms with Crippen molar-refractivity contribution in [3.63, 3.8) is 0 Å². The summed E-state index contributed by atoms with van der Waals surface area (Å²) in [5.41, 5.74) is 3.19. The summed E-state index contributed by atoms with van der Waals surface area (Å²) in [6, 6.07) is 20.4. The number of carbonyl (C=O) groups excluding carboxylic acids is 1. The summed E-state index contributed by atoms with van der Waals surface area (Å²) in [6.45, 7) is 8.41. The molecule has 0 amide bonds. The molecule has 0 spiro atoms. The van der Waals surface area contributed by atoms with Gasteiger partial charge in [-0.2, -0.15) is 5.10 Å². The van der Waals surface area contributed by atoms with Gasteiger partial charge >= 0.3 is 0 Å². The molecule has 0 fully saturated rings. The highest BCUT2D eigenvalue weighted by Crippen LogP contribution is 2.22. The van der Waals surface area contributed by atoms with Gasteiger partial charge in [0.05, 0.1) is 0 Å². The lowest BCUT2D eigenvalue weighted by Crippen LogP contribution is -2.43. The molecule has 24 heavy (non-hydrogen) atoms. The summed E-state index contributed by atoms with van der Waals surface area (Å²) in [6.07, 6.45) is 1.09. The van der Waals surface area contributed by atoms with Gasteiger partial charge in [0.25, 0.3) is 0 Å². The van der Waals surface area contributed by atoms with Crippen molar-refractivity contribution < 1.29 is 4.79 Å². The summed E-state index contributed by atoms with van der Waals surface area (Å²) >= 11 is 0. The number of rotatable bonds is 7. The number of anilines is 1. The van der Waals surface area contributed by atoms with E-state index in [-0.39, 0.29) is 5.78 Å². The Balaban J connectivity index is 2.38. The lowest BCUT2D eigenvalue weighted by Gasteiger charge is -2.32. The van der Waals surface area contributed by atoms with E-state index < -0.39 is 8.24 Å². The number of para-hydroxylation sites is 1. The topological polar surface area (TPSA) is 32.7 Å². The Morgan fingerprint density at radius 2 is 1.50 bits per heavy atom. The van der Waals surface area contributed by atoms with Crippen LogP contribution < -0.4 is 4.67 Å². The molecule has 126 valence electrons. The standard InChI is InChI=1S/C20H26N2OSi/c1-17(23)15-19(16-18-11-7-5-8-12-18)21-22(24(2,3)4)20-13-9-6-10-14-20/h5-14H,15-16H2,1-4H3. The monoisotopic (exact) mass is 338 g/mol. The number of carbonyl (C=O) groups is 1. The zero-order chi connectivity index (χ0) is 17.6. The molecule has 0 bridgehead atoms. The summed E-state index contributed by atoms with van der Waals surface area (Å²) in [5.74, 6) is 0.147. The van der Waals surface area contributed by atoms with Crippen LogP contribution in [0.4, 0.5) is 5.69 Å². The van der Waals surface area contributed by atoms with Crippen LogP contribution in [0.3, 0.4) is 0 Å². The minimum atomic E-state index is -1.72. The maximum Gasteiger partial charge on any atom is 0.176 e. The molecule has 2 rings (SSSR count). The van der Waals surface area contributed by atoms with Crippen LogP contribution in [0.5, 0.6) is 0 Å². The molecule has 0 aromatic heterocycles. The quantitative estimate of drug-likeness (QED) is 0.408. The fourth-order valence-corrected chi connectivity index (χ4v) is 3.92. The average Bonchev–Trinajstić information content (AvgIpc) is 2.52. The molecule has 2 aromatic carbocycles. The molecule has 0 aliphatic carbocycles. The molecule has 0 unspecified atom stereocenters. The Morgan fingerprint density at radius 3 is 2.00 bits per heavy atom. The van der Waals surface area contributed by atoms with E-state index in [1.165, 1.54) is 5.56 Å². The highest BCUT2D eigenvalue weighted by molar-refractivity contribution is 6.79. The third-order valence-corrected chi connectivity index (χ3v) is 5.21. The van der Waals surface area contributed by atoms with Crippen molar-refractivity contribution in [2.45, 2.75) is 39.4 Å². The SMILES string of the molecule is CC(=O)CC(Cc1ccccc1)=NN(c1ccccc1)[Si](C)(C)C. The highest BCUT2D eigenvalue weighted by atomic mass is 28.3. The highest BCUT2D eigenvalue weighted by Gasteiger charge is 2.25. The van der Waals surface area contributed by atoms with Crippen LogP contribution >= 0.6 is 0 Å². The molecular formula is C20H26N2OSi. The van der Waals surface area contributed by atoms with E-state index in [0.717, 1.165) is 11.4 Å². The third kappa shape index (κ3) is 5.46. The molecule has 0 N–H and O–H groups in total. The van der Waals surface area contributed by atoms with Gasteiger partial charge < -0.3 is 0 Å². The van der Waals surface area contributed by atoms with Crippen LogP contribution in [0, 0.1) is 0 Å². The second-order valence-electron chi connectivity index (χ2n) is 7.03. The average molecular weight is 339 g/mol. The molecule has 0 saturated heterocycles. The minimum absolute atomic E-state index is 0.147. The van der Waals surface area contributed by atoms with E-state index in [1.807, 2.05) is 36.4 Å². The second-order valence-corrected chi connectivity index (χ2v) is 11.8. The van der Waals surface area contributed by atoms with Gasteiger partial charge in [0.1, 0.15) is 5.78 Å². The Bertz CT molecular complexity index is 691. The number of nitrogens with zero attached hydrogens (tertiary/aromatic N) is 2. The maximum absolute atomic E-state index is 11.7. The van der Waals surface area contributed by atoms with Crippen molar-refractivity contribution in [3.05, 3.63) is 66.2 Å². The van der Waals surface area contributed by atoms with Crippen LogP contribution in [0.2, 0.25) is 19.6 Å². The van der Waals surface area contributed by atoms with E-state index in [9.17, 15) is 4.79 Å². The minimum Gasteiger partial charge on any atom is -0.300 e. The second kappa shape index (κ2) is 8.06. The lowest BCUT2D eigenvalue weighted by atomic mass is 10.1. The Hall–Kier alpha value is -2.20. The molecule has 0 heterocycles. The van der Waals surface area contributed by atoms with Crippen LogP contribution in [0.25, 0.3) is 0 Å². The first-order chi connectivity index (χ1) is 11.4. The summed E-state index contributed by atoms with van der Waals surface area (Å²) in [5, 5.41) is 4.94. The van der Waals surface area contributed by atoms with Crippen molar-refractivity contribution in [2.75, 3.05) is 4.67 Å². The summed E-state index contributed by atoms with van der Waals surface area (Å²) < 4.78 is 2.15. The first kappa shape index (κ1) is 18.1. The van der Waals surface area contributed by atoms with Gasteiger partial charge in [0.15, 0.2) is 8.24 Å². The molecule has 3 nitrogen and oxygen atoms in total. The van der Waals surface area contributed by atoms with Crippen LogP contribution in [-0.4, -0.2) is 19.7 Å². The van der Waals surface area contributed by atoms with Crippen molar-refractivity contribution in [3.8, 4) is 0 Å². The number of benzene rings is 2. The predicted molar refractivity (Wildman–Crippen MR) is 105 cm³/mol. The lowest BCUT2D eigenvalue weighted by molar-refractivity contribution is -0.115. The molecule has 0 saturated carbocycles. The molecule has 4 heteroatoms. The van der Waals surface area contributed by atoms with E-state index >= 15 is 0 Å². The van der Waals surface area contributed by atoms with Crippen LogP contribution in [0.15, 0.2) is 65.8 Å². The van der Waals surface area contributed by atoms with Crippen LogP contribution in [-0.2, 0) is 11.2 Å². The molecule has 0 radical (unpaired) electrons. The Labute approximate surface area is 146 Å². The molecule has 2 aromatic rings. The first-order valence-corrected chi connectivity index (χ1v) is 11.8. The normalized spacial score (nSPS) is 12.1. The van der Waals surface area contributed by atoms with Gasteiger partial charge in [-0.15, -0.1) is 0 Å². The van der Waals surface area contributed by atoms with Gasteiger partial charge in [-0.3, -0.25) is 9.47 Å². The van der Waals surface area contributed by atoms with Crippen molar-refractivity contribution in [1.82, 2.24) is 0 Å². The number of hydrogen-bond donors (Lipinski definition) is 0. The number of Topliss-reactive ketones (excluding diaryl/α,β-unsaturated/α-hetero) is 1. The smallest absolute Gasteiger partial charge is 0.176 e. The van der Waals surface area contributed by atoms with Crippen molar-refractivity contribution in [2.24, 2.45) is 5.10 Å². The summed E-state index contributed by atoms with van der Waals surface area (Å²) in [4.78, 5) is 11.7. The van der Waals surface area contributed by atoms with Gasteiger partial charge in [0.2, 0.25) is 0 Å². The zero-order valence-corrected chi connectivity index (χ0v) is 16.0. The van der Waals surface area contributed by atoms with Crippen LogP contribution in [0.1, 0.15) is 18.9 Å². The summed E-state index contributed by atoms with van der Waals surface area (Å²) in [7, 11) is -1.72.